The molecule has 3 nitrogen and oxygen atoms in total. The van der Waals surface area contributed by atoms with E-state index in [4.69, 9.17) is 4.42 Å². The highest BCUT2D eigenvalue weighted by Gasteiger charge is 2.48. The van der Waals surface area contributed by atoms with E-state index >= 15 is 0 Å². The number of phenols is 1. The molecule has 4 heterocycles. The second-order valence-corrected chi connectivity index (χ2v) is 7.28. The second-order valence-electron chi connectivity index (χ2n) is 7.28. The van der Waals surface area contributed by atoms with Gasteiger partial charge < -0.3 is 9.52 Å². The van der Waals surface area contributed by atoms with Crippen LogP contribution in [0.4, 0.5) is 0 Å². The van der Waals surface area contributed by atoms with Gasteiger partial charge in [-0.15, -0.1) is 0 Å². The fourth-order valence-corrected chi connectivity index (χ4v) is 5.34. The average molecular weight is 283 g/mol. The van der Waals surface area contributed by atoms with Gasteiger partial charge >= 0.3 is 0 Å². The van der Waals surface area contributed by atoms with Crippen molar-refractivity contribution in [1.82, 2.24) is 4.90 Å². The van der Waals surface area contributed by atoms with Crippen LogP contribution in [0.5, 0.6) is 5.75 Å². The quantitative estimate of drug-likeness (QED) is 0.804. The third kappa shape index (κ3) is 1.58. The normalized spacial score (nSPS) is 37.5. The summed E-state index contributed by atoms with van der Waals surface area (Å²) in [6.07, 6.45) is 3.72. The van der Waals surface area contributed by atoms with Gasteiger partial charge in [-0.2, -0.15) is 0 Å². The van der Waals surface area contributed by atoms with Crippen molar-refractivity contribution in [3.63, 3.8) is 0 Å². The Kier molecular flexibility index (Phi) is 2.33. The first-order valence-corrected chi connectivity index (χ1v) is 8.19. The lowest BCUT2D eigenvalue weighted by molar-refractivity contribution is -0.00881. The first-order valence-electron chi connectivity index (χ1n) is 8.19. The topological polar surface area (TPSA) is 36.6 Å². The molecule has 3 heteroatoms. The van der Waals surface area contributed by atoms with Crippen LogP contribution >= 0.6 is 0 Å². The van der Waals surface area contributed by atoms with E-state index in [-0.39, 0.29) is 0 Å². The first kappa shape index (κ1) is 12.1. The number of phenolic OH excluding ortho intramolecular Hbond substituents is 1. The van der Waals surface area contributed by atoms with Crippen molar-refractivity contribution in [2.45, 2.75) is 38.1 Å². The molecule has 2 aromatic rings. The summed E-state index contributed by atoms with van der Waals surface area (Å²) in [5.41, 5.74) is 2.30. The van der Waals surface area contributed by atoms with E-state index in [0.29, 0.717) is 17.7 Å². The number of benzene rings is 1. The molecular weight excluding hydrogens is 262 g/mol. The van der Waals surface area contributed by atoms with E-state index in [1.54, 1.807) is 6.07 Å². The number of hydrogen-bond acceptors (Lipinski definition) is 3. The zero-order chi connectivity index (χ0) is 14.1. The molecule has 2 saturated heterocycles. The highest BCUT2D eigenvalue weighted by atomic mass is 16.3. The molecule has 3 aliphatic heterocycles. The molecule has 6 rings (SSSR count). The van der Waals surface area contributed by atoms with E-state index in [2.05, 4.69) is 11.8 Å². The lowest BCUT2D eigenvalue weighted by Gasteiger charge is -2.52. The Morgan fingerprint density at radius 3 is 3.05 bits per heavy atom. The lowest BCUT2D eigenvalue weighted by atomic mass is 9.67. The fraction of sp³-hybridized carbons (Fsp3) is 0.556. The van der Waals surface area contributed by atoms with Gasteiger partial charge in [0.15, 0.2) is 0 Å². The monoisotopic (exact) mass is 283 g/mol. The molecule has 0 spiro atoms. The van der Waals surface area contributed by atoms with Gasteiger partial charge in [0.2, 0.25) is 0 Å². The maximum Gasteiger partial charge on any atom is 0.134 e. The smallest absolute Gasteiger partial charge is 0.134 e. The maximum atomic E-state index is 9.80. The molecule has 4 aliphatic rings. The van der Waals surface area contributed by atoms with Crippen LogP contribution in [0, 0.1) is 11.8 Å². The maximum absolute atomic E-state index is 9.80. The van der Waals surface area contributed by atoms with E-state index in [0.717, 1.165) is 35.8 Å². The van der Waals surface area contributed by atoms with E-state index in [1.807, 2.05) is 12.1 Å². The van der Waals surface area contributed by atoms with Crippen LogP contribution < -0.4 is 0 Å². The first-order chi connectivity index (χ1) is 10.2. The van der Waals surface area contributed by atoms with Gasteiger partial charge in [0.05, 0.1) is 0 Å². The molecule has 1 aromatic heterocycles. The van der Waals surface area contributed by atoms with Crippen molar-refractivity contribution in [2.24, 2.45) is 11.8 Å². The van der Waals surface area contributed by atoms with Crippen LogP contribution in [0.3, 0.4) is 0 Å². The molecule has 1 aliphatic carbocycles. The number of nitrogens with zero attached hydrogens (tertiary/aromatic N) is 1. The summed E-state index contributed by atoms with van der Waals surface area (Å²) < 4.78 is 6.27. The van der Waals surface area contributed by atoms with Crippen LogP contribution in [0.25, 0.3) is 11.0 Å². The molecule has 3 fully saturated rings. The van der Waals surface area contributed by atoms with Crippen LogP contribution in [-0.4, -0.2) is 29.1 Å². The third-order valence-corrected chi connectivity index (χ3v) is 5.99. The number of furan rings is 1. The molecule has 3 unspecified atom stereocenters. The number of hydrogen-bond donors (Lipinski definition) is 1. The molecule has 1 aromatic carbocycles. The molecule has 0 amide bonds. The van der Waals surface area contributed by atoms with Crippen molar-refractivity contribution in [3.8, 4) is 5.75 Å². The van der Waals surface area contributed by atoms with Crippen molar-refractivity contribution < 1.29 is 9.52 Å². The van der Waals surface area contributed by atoms with Crippen LogP contribution in [-0.2, 0) is 6.42 Å². The van der Waals surface area contributed by atoms with E-state index in [1.165, 1.54) is 30.7 Å². The van der Waals surface area contributed by atoms with Crippen LogP contribution in [0.2, 0.25) is 0 Å². The standard InChI is InChI=1S/C18H21NO2/c1-10-6-11-7-15-17(10)19(9-11)5-4-13-14-8-12(20)2-3-16(14)21-18(13)15/h2-3,8,10-11,15,17,20H,4-7,9H2,1H3/t10?,11-,15+,17?/m0/s1. The Hall–Kier alpha value is -1.48. The van der Waals surface area contributed by atoms with Crippen molar-refractivity contribution >= 4 is 11.0 Å². The minimum absolute atomic E-state index is 0.341. The summed E-state index contributed by atoms with van der Waals surface area (Å²) in [7, 11) is 0. The van der Waals surface area contributed by atoms with Gasteiger partial charge in [-0.25, -0.2) is 0 Å². The Bertz CT molecular complexity index is 719. The van der Waals surface area contributed by atoms with Gasteiger partial charge in [0.1, 0.15) is 17.1 Å². The van der Waals surface area contributed by atoms with Gasteiger partial charge in [0.25, 0.3) is 0 Å². The van der Waals surface area contributed by atoms with Gasteiger partial charge in [-0.1, -0.05) is 6.92 Å². The summed E-state index contributed by atoms with van der Waals surface area (Å²) in [5.74, 6) is 3.73. The van der Waals surface area contributed by atoms with Crippen molar-refractivity contribution in [3.05, 3.63) is 29.5 Å². The number of piperidine rings is 2. The molecule has 0 radical (unpaired) electrons. The largest absolute Gasteiger partial charge is 0.508 e. The summed E-state index contributed by atoms with van der Waals surface area (Å²) in [5, 5.41) is 10.9. The Morgan fingerprint density at radius 2 is 2.19 bits per heavy atom. The van der Waals surface area contributed by atoms with Gasteiger partial charge in [-0.05, 0) is 49.3 Å². The molecule has 5 atom stereocenters. The Morgan fingerprint density at radius 1 is 1.29 bits per heavy atom. The zero-order valence-corrected chi connectivity index (χ0v) is 12.4. The second kappa shape index (κ2) is 4.04. The number of aromatic hydroxyl groups is 1. The molecule has 1 saturated carbocycles. The molecule has 110 valence electrons. The summed E-state index contributed by atoms with van der Waals surface area (Å²) in [4.78, 5) is 2.71. The Labute approximate surface area is 124 Å². The van der Waals surface area contributed by atoms with E-state index in [9.17, 15) is 5.11 Å². The fourth-order valence-electron chi connectivity index (χ4n) is 5.34. The minimum Gasteiger partial charge on any atom is -0.508 e. The molecule has 21 heavy (non-hydrogen) atoms. The van der Waals surface area contributed by atoms with Gasteiger partial charge in [0, 0.05) is 36.0 Å². The van der Waals surface area contributed by atoms with Crippen molar-refractivity contribution in [2.75, 3.05) is 13.1 Å². The molecular formula is C18H21NO2. The summed E-state index contributed by atoms with van der Waals surface area (Å²) in [6.45, 7) is 4.83. The number of rotatable bonds is 0. The zero-order valence-electron chi connectivity index (χ0n) is 12.4. The third-order valence-electron chi connectivity index (χ3n) is 5.99. The lowest BCUT2D eigenvalue weighted by Crippen LogP contribution is -2.55. The average Bonchev–Trinajstić information content (AvgIpc) is 2.77. The predicted molar refractivity (Wildman–Crippen MR) is 81.6 cm³/mol. The number of fused-ring (bicyclic) bond motifs is 4. The summed E-state index contributed by atoms with van der Waals surface area (Å²) in [6, 6.07) is 6.18. The van der Waals surface area contributed by atoms with E-state index < -0.39 is 0 Å². The van der Waals surface area contributed by atoms with Crippen LogP contribution in [0.15, 0.2) is 22.6 Å². The predicted octanol–water partition coefficient (Wildman–Crippen LogP) is 3.51. The highest BCUT2D eigenvalue weighted by molar-refractivity contribution is 5.84. The van der Waals surface area contributed by atoms with Gasteiger partial charge in [-0.3, -0.25) is 4.90 Å². The molecule has 4 bridgehead atoms. The SMILES string of the molecule is CC1C[C@H]2C[C@H]3c4oc5ccc(O)cc5c4CCN(C2)C13. The van der Waals surface area contributed by atoms with Crippen molar-refractivity contribution in [1.29, 1.82) is 0 Å². The minimum atomic E-state index is 0.341. The Balaban J connectivity index is 1.72. The van der Waals surface area contributed by atoms with Crippen LogP contribution in [0.1, 0.15) is 37.0 Å². The molecule has 1 N–H and O–H groups in total. The highest BCUT2D eigenvalue weighted by Crippen LogP contribution is 2.51. The summed E-state index contributed by atoms with van der Waals surface area (Å²) >= 11 is 0.